The number of rotatable bonds is 4. The zero-order valence-corrected chi connectivity index (χ0v) is 14.3. The molecule has 1 aliphatic heterocycles. The number of nitrogens with zero attached hydrogens (tertiary/aromatic N) is 2. The summed E-state index contributed by atoms with van der Waals surface area (Å²) in [6, 6.07) is 13.1. The third-order valence-corrected chi connectivity index (χ3v) is 4.07. The van der Waals surface area contributed by atoms with Crippen LogP contribution in [0.3, 0.4) is 0 Å². The Balaban J connectivity index is 1.77. The highest BCUT2D eigenvalue weighted by molar-refractivity contribution is 6.50. The van der Waals surface area contributed by atoms with Crippen molar-refractivity contribution in [3.63, 3.8) is 0 Å². The summed E-state index contributed by atoms with van der Waals surface area (Å²) in [5.41, 5.74) is 1.71. The summed E-state index contributed by atoms with van der Waals surface area (Å²) in [5, 5.41) is 17.2. The number of aryl methyl sites for hydroxylation is 1. The normalized spacial score (nSPS) is 16.4. The standard InChI is InChI=1S/C19H17N3O4/c1-11-10-13(8-9-15(11)23)20-18(25)17(24)16-12(2)21-22(19(16)26)14-6-4-3-5-7-14/h3-10,16,23H,1-2H3,(H,20,25). The van der Waals surface area contributed by atoms with Crippen LogP contribution in [0.15, 0.2) is 53.6 Å². The lowest BCUT2D eigenvalue weighted by Crippen LogP contribution is -2.39. The number of hydrogen-bond acceptors (Lipinski definition) is 5. The smallest absolute Gasteiger partial charge is 0.293 e. The largest absolute Gasteiger partial charge is 0.508 e. The minimum atomic E-state index is -1.24. The lowest BCUT2D eigenvalue weighted by atomic mass is 9.98. The number of nitrogens with one attached hydrogen (secondary N) is 1. The quantitative estimate of drug-likeness (QED) is 0.501. The number of Topliss-reactive ketones (excluding diaryl/α,β-unsaturated/α-hetero) is 1. The van der Waals surface area contributed by atoms with Crippen molar-refractivity contribution in [2.45, 2.75) is 13.8 Å². The number of carbonyl (C=O) groups excluding carboxylic acids is 3. The Labute approximate surface area is 149 Å². The molecule has 2 aromatic rings. The van der Waals surface area contributed by atoms with E-state index in [1.165, 1.54) is 18.2 Å². The van der Waals surface area contributed by atoms with Crippen LogP contribution in [-0.2, 0) is 14.4 Å². The van der Waals surface area contributed by atoms with Crippen LogP contribution in [0, 0.1) is 12.8 Å². The van der Waals surface area contributed by atoms with Crippen molar-refractivity contribution in [3.8, 4) is 5.75 Å². The van der Waals surface area contributed by atoms with Crippen LogP contribution in [0.4, 0.5) is 11.4 Å². The maximum atomic E-state index is 12.6. The molecule has 2 amide bonds. The van der Waals surface area contributed by atoms with Gasteiger partial charge >= 0.3 is 0 Å². The molecule has 7 heteroatoms. The number of ketones is 1. The van der Waals surface area contributed by atoms with E-state index in [2.05, 4.69) is 10.4 Å². The molecular weight excluding hydrogens is 334 g/mol. The molecule has 0 radical (unpaired) electrons. The van der Waals surface area contributed by atoms with E-state index in [0.29, 0.717) is 16.9 Å². The van der Waals surface area contributed by atoms with Gasteiger partial charge in [0.2, 0.25) is 5.78 Å². The fourth-order valence-corrected chi connectivity index (χ4v) is 2.68. The molecule has 1 aliphatic rings. The van der Waals surface area contributed by atoms with Gasteiger partial charge in [0.15, 0.2) is 0 Å². The Morgan fingerprint density at radius 2 is 1.81 bits per heavy atom. The van der Waals surface area contributed by atoms with Crippen molar-refractivity contribution >= 4 is 34.7 Å². The average molecular weight is 351 g/mol. The number of benzene rings is 2. The van der Waals surface area contributed by atoms with E-state index in [1.807, 2.05) is 0 Å². The van der Waals surface area contributed by atoms with E-state index in [-0.39, 0.29) is 11.5 Å². The molecule has 0 fully saturated rings. The number of hydrazone groups is 1. The maximum Gasteiger partial charge on any atom is 0.293 e. The van der Waals surface area contributed by atoms with Gasteiger partial charge in [-0.2, -0.15) is 10.1 Å². The number of anilines is 2. The lowest BCUT2D eigenvalue weighted by Gasteiger charge is -2.13. The van der Waals surface area contributed by atoms with Gasteiger partial charge in [-0.05, 0) is 49.7 Å². The number of phenolic OH excluding ortho intramolecular Hbond substituents is 1. The summed E-state index contributed by atoms with van der Waals surface area (Å²) in [5.74, 6) is -3.50. The van der Waals surface area contributed by atoms with E-state index in [4.69, 9.17) is 0 Å². The van der Waals surface area contributed by atoms with Gasteiger partial charge in [0, 0.05) is 5.69 Å². The van der Waals surface area contributed by atoms with Crippen LogP contribution < -0.4 is 10.3 Å². The molecule has 0 spiro atoms. The number of carbonyl (C=O) groups is 3. The summed E-state index contributed by atoms with van der Waals surface area (Å²) in [6.45, 7) is 3.21. The zero-order valence-electron chi connectivity index (χ0n) is 14.3. The molecule has 0 bridgehead atoms. The van der Waals surface area contributed by atoms with E-state index in [1.54, 1.807) is 44.2 Å². The van der Waals surface area contributed by atoms with Crippen LogP contribution in [0.5, 0.6) is 5.75 Å². The third kappa shape index (κ3) is 3.19. The molecule has 0 saturated carbocycles. The Morgan fingerprint density at radius 1 is 1.12 bits per heavy atom. The van der Waals surface area contributed by atoms with E-state index in [9.17, 15) is 19.5 Å². The topological polar surface area (TPSA) is 99.1 Å². The van der Waals surface area contributed by atoms with Crippen molar-refractivity contribution in [1.82, 2.24) is 0 Å². The van der Waals surface area contributed by atoms with Gasteiger partial charge < -0.3 is 10.4 Å². The van der Waals surface area contributed by atoms with Crippen LogP contribution in [0.25, 0.3) is 0 Å². The van der Waals surface area contributed by atoms with E-state index in [0.717, 1.165) is 5.01 Å². The van der Waals surface area contributed by atoms with Gasteiger partial charge in [0.1, 0.15) is 11.7 Å². The molecule has 0 aromatic heterocycles. The average Bonchev–Trinajstić information content (AvgIpc) is 2.92. The van der Waals surface area contributed by atoms with Crippen LogP contribution in [-0.4, -0.2) is 28.4 Å². The Kier molecular flexibility index (Phi) is 4.53. The van der Waals surface area contributed by atoms with Crippen molar-refractivity contribution in [2.24, 2.45) is 11.0 Å². The van der Waals surface area contributed by atoms with E-state index < -0.39 is 23.5 Å². The summed E-state index contributed by atoms with van der Waals surface area (Å²) < 4.78 is 0. The maximum absolute atomic E-state index is 12.6. The minimum Gasteiger partial charge on any atom is -0.508 e. The number of phenols is 1. The first-order valence-corrected chi connectivity index (χ1v) is 7.97. The Hall–Kier alpha value is -3.48. The van der Waals surface area contributed by atoms with Crippen LogP contribution in [0.1, 0.15) is 12.5 Å². The fourth-order valence-electron chi connectivity index (χ4n) is 2.68. The number of aromatic hydroxyl groups is 1. The summed E-state index contributed by atoms with van der Waals surface area (Å²) >= 11 is 0. The predicted molar refractivity (Wildman–Crippen MR) is 97.0 cm³/mol. The van der Waals surface area contributed by atoms with Crippen molar-refractivity contribution in [2.75, 3.05) is 10.3 Å². The highest BCUT2D eigenvalue weighted by Gasteiger charge is 2.42. The molecule has 1 atom stereocenters. The SMILES string of the molecule is CC1=NN(c2ccccc2)C(=O)C1C(=O)C(=O)Nc1ccc(O)c(C)c1. The van der Waals surface area contributed by atoms with E-state index >= 15 is 0 Å². The highest BCUT2D eigenvalue weighted by Crippen LogP contribution is 2.25. The second kappa shape index (κ2) is 6.79. The highest BCUT2D eigenvalue weighted by atomic mass is 16.3. The molecule has 0 aliphatic carbocycles. The lowest BCUT2D eigenvalue weighted by molar-refractivity contribution is -0.138. The second-order valence-corrected chi connectivity index (χ2v) is 5.98. The predicted octanol–water partition coefficient (Wildman–Crippen LogP) is 2.25. The molecular formula is C19H17N3O4. The van der Waals surface area contributed by atoms with Crippen molar-refractivity contribution in [1.29, 1.82) is 0 Å². The first-order valence-electron chi connectivity index (χ1n) is 7.97. The molecule has 0 saturated heterocycles. The van der Waals surface area contributed by atoms with Gasteiger partial charge in [-0.15, -0.1) is 0 Å². The molecule has 26 heavy (non-hydrogen) atoms. The summed E-state index contributed by atoms with van der Waals surface area (Å²) in [6.07, 6.45) is 0. The summed E-state index contributed by atoms with van der Waals surface area (Å²) in [7, 11) is 0. The zero-order chi connectivity index (χ0) is 18.8. The van der Waals surface area contributed by atoms with Crippen LogP contribution in [0.2, 0.25) is 0 Å². The monoisotopic (exact) mass is 351 g/mol. The Bertz CT molecular complexity index is 922. The second-order valence-electron chi connectivity index (χ2n) is 5.98. The molecule has 132 valence electrons. The molecule has 2 N–H and O–H groups in total. The van der Waals surface area contributed by atoms with Gasteiger partial charge in [0.05, 0.1) is 11.4 Å². The molecule has 2 aromatic carbocycles. The number of amides is 2. The molecule has 1 heterocycles. The van der Waals surface area contributed by atoms with Gasteiger partial charge in [-0.3, -0.25) is 14.4 Å². The number of para-hydroxylation sites is 1. The van der Waals surface area contributed by atoms with Crippen molar-refractivity contribution in [3.05, 3.63) is 54.1 Å². The van der Waals surface area contributed by atoms with Crippen LogP contribution >= 0.6 is 0 Å². The molecule has 3 rings (SSSR count). The molecule has 7 nitrogen and oxygen atoms in total. The van der Waals surface area contributed by atoms with Gasteiger partial charge in [-0.25, -0.2) is 0 Å². The van der Waals surface area contributed by atoms with Gasteiger partial charge in [-0.1, -0.05) is 18.2 Å². The first-order chi connectivity index (χ1) is 12.4. The third-order valence-electron chi connectivity index (χ3n) is 4.07. The minimum absolute atomic E-state index is 0.0850. The summed E-state index contributed by atoms with van der Waals surface area (Å²) in [4.78, 5) is 37.4. The first kappa shape index (κ1) is 17.3. The fraction of sp³-hybridized carbons (Fsp3) is 0.158. The van der Waals surface area contributed by atoms with Gasteiger partial charge in [0.25, 0.3) is 11.8 Å². The molecule has 1 unspecified atom stereocenters. The number of hydrogen-bond donors (Lipinski definition) is 2. The Morgan fingerprint density at radius 3 is 2.46 bits per heavy atom. The van der Waals surface area contributed by atoms with Crippen molar-refractivity contribution < 1.29 is 19.5 Å².